The Labute approximate surface area is 105 Å². The number of nitrogens with zero attached hydrogens (tertiary/aromatic N) is 1. The Morgan fingerprint density at radius 3 is 2.67 bits per heavy atom. The standard InChI is InChI=1S/C13H15NO4/c1-8-6-10(14(15)16)7-11-12(8)18-13(17-11)9-4-2-3-5-9/h6-7,9,13H,2-5H2,1H3. The molecule has 1 fully saturated rings. The molecule has 0 spiro atoms. The van der Waals surface area contributed by atoms with Crippen LogP contribution in [-0.4, -0.2) is 11.2 Å². The Bertz CT molecular complexity index is 494. The molecule has 0 amide bonds. The van der Waals surface area contributed by atoms with Crippen LogP contribution in [0.15, 0.2) is 12.1 Å². The molecule has 2 aliphatic rings. The molecule has 0 aromatic heterocycles. The van der Waals surface area contributed by atoms with Crippen molar-refractivity contribution in [1.29, 1.82) is 0 Å². The molecule has 18 heavy (non-hydrogen) atoms. The molecule has 1 atom stereocenters. The average molecular weight is 249 g/mol. The van der Waals surface area contributed by atoms with Crippen LogP contribution in [0.25, 0.3) is 0 Å². The van der Waals surface area contributed by atoms with Crippen molar-refractivity contribution in [2.75, 3.05) is 0 Å². The highest BCUT2D eigenvalue weighted by Gasteiger charge is 2.35. The third-order valence-corrected chi connectivity index (χ3v) is 3.70. The van der Waals surface area contributed by atoms with Crippen LogP contribution in [0.3, 0.4) is 0 Å². The number of rotatable bonds is 2. The minimum Gasteiger partial charge on any atom is -0.450 e. The molecule has 1 aromatic rings. The van der Waals surface area contributed by atoms with E-state index in [0.717, 1.165) is 18.4 Å². The maximum atomic E-state index is 10.8. The Hall–Kier alpha value is -1.78. The second kappa shape index (κ2) is 4.15. The molecule has 96 valence electrons. The Morgan fingerprint density at radius 2 is 2.00 bits per heavy atom. The minimum absolute atomic E-state index is 0.0573. The summed E-state index contributed by atoms with van der Waals surface area (Å²) < 4.78 is 11.5. The van der Waals surface area contributed by atoms with Gasteiger partial charge in [0.2, 0.25) is 6.29 Å². The van der Waals surface area contributed by atoms with Gasteiger partial charge in [0.15, 0.2) is 11.5 Å². The van der Waals surface area contributed by atoms with Crippen molar-refractivity contribution in [2.45, 2.75) is 38.9 Å². The smallest absolute Gasteiger partial charge is 0.273 e. The highest BCUT2D eigenvalue weighted by atomic mass is 16.7. The van der Waals surface area contributed by atoms with Crippen molar-refractivity contribution in [3.8, 4) is 11.5 Å². The number of hydrogen-bond donors (Lipinski definition) is 0. The summed E-state index contributed by atoms with van der Waals surface area (Å²) >= 11 is 0. The third kappa shape index (κ3) is 1.79. The summed E-state index contributed by atoms with van der Waals surface area (Å²) in [6.07, 6.45) is 4.38. The zero-order valence-corrected chi connectivity index (χ0v) is 10.2. The fourth-order valence-corrected chi connectivity index (χ4v) is 2.75. The zero-order chi connectivity index (χ0) is 12.7. The Morgan fingerprint density at radius 1 is 1.28 bits per heavy atom. The molecule has 3 rings (SSSR count). The van der Waals surface area contributed by atoms with Gasteiger partial charge in [0.05, 0.1) is 11.0 Å². The maximum Gasteiger partial charge on any atom is 0.273 e. The maximum absolute atomic E-state index is 10.8. The van der Waals surface area contributed by atoms with Crippen molar-refractivity contribution in [2.24, 2.45) is 5.92 Å². The van der Waals surface area contributed by atoms with Gasteiger partial charge in [-0.05, 0) is 19.8 Å². The summed E-state index contributed by atoms with van der Waals surface area (Å²) in [5, 5.41) is 10.8. The molecular weight excluding hydrogens is 234 g/mol. The van der Waals surface area contributed by atoms with Gasteiger partial charge in [-0.15, -0.1) is 0 Å². The van der Waals surface area contributed by atoms with Crippen molar-refractivity contribution in [1.82, 2.24) is 0 Å². The van der Waals surface area contributed by atoms with Gasteiger partial charge in [-0.3, -0.25) is 10.1 Å². The number of non-ortho nitro benzene ring substituents is 1. The van der Waals surface area contributed by atoms with Crippen molar-refractivity contribution in [3.05, 3.63) is 27.8 Å². The minimum atomic E-state index is -0.403. The molecule has 1 aliphatic carbocycles. The molecule has 1 unspecified atom stereocenters. The highest BCUT2D eigenvalue weighted by Crippen LogP contribution is 2.44. The number of benzene rings is 1. The van der Waals surface area contributed by atoms with Crippen LogP contribution in [0.4, 0.5) is 5.69 Å². The topological polar surface area (TPSA) is 61.6 Å². The van der Waals surface area contributed by atoms with Crippen molar-refractivity contribution in [3.63, 3.8) is 0 Å². The number of fused-ring (bicyclic) bond motifs is 1. The second-order valence-electron chi connectivity index (χ2n) is 5.00. The molecular formula is C13H15NO4. The van der Waals surface area contributed by atoms with Gasteiger partial charge in [-0.2, -0.15) is 0 Å². The van der Waals surface area contributed by atoms with E-state index in [2.05, 4.69) is 0 Å². The molecule has 1 saturated carbocycles. The fraction of sp³-hybridized carbons (Fsp3) is 0.538. The van der Waals surface area contributed by atoms with Crippen LogP contribution < -0.4 is 9.47 Å². The van der Waals surface area contributed by atoms with Gasteiger partial charge >= 0.3 is 0 Å². The molecule has 0 saturated heterocycles. The monoisotopic (exact) mass is 249 g/mol. The van der Waals surface area contributed by atoms with Crippen LogP contribution in [0.2, 0.25) is 0 Å². The lowest BCUT2D eigenvalue weighted by molar-refractivity contribution is -0.385. The normalized spacial score (nSPS) is 22.4. The Kier molecular flexibility index (Phi) is 2.61. The number of nitro benzene ring substituents is 1. The number of nitro groups is 1. The molecule has 1 aromatic carbocycles. The van der Waals surface area contributed by atoms with E-state index >= 15 is 0 Å². The lowest BCUT2D eigenvalue weighted by Gasteiger charge is -2.16. The van der Waals surface area contributed by atoms with Crippen molar-refractivity contribution >= 4 is 5.69 Å². The number of hydrogen-bond acceptors (Lipinski definition) is 4. The van der Waals surface area contributed by atoms with Crippen LogP contribution in [-0.2, 0) is 0 Å². The van der Waals surface area contributed by atoms with E-state index in [-0.39, 0.29) is 12.0 Å². The van der Waals surface area contributed by atoms with Gasteiger partial charge in [0.25, 0.3) is 5.69 Å². The summed E-state index contributed by atoms with van der Waals surface area (Å²) in [6, 6.07) is 2.98. The van der Waals surface area contributed by atoms with Gasteiger partial charge in [-0.25, -0.2) is 0 Å². The molecule has 1 aliphatic heterocycles. The summed E-state index contributed by atoms with van der Waals surface area (Å²) in [7, 11) is 0. The Balaban J connectivity index is 1.87. The van der Waals surface area contributed by atoms with E-state index in [1.54, 1.807) is 0 Å². The summed E-state index contributed by atoms with van der Waals surface area (Å²) in [5.41, 5.74) is 0.821. The fourth-order valence-electron chi connectivity index (χ4n) is 2.75. The summed E-state index contributed by atoms with van der Waals surface area (Å²) in [5.74, 6) is 1.59. The van der Waals surface area contributed by atoms with Gasteiger partial charge in [-0.1, -0.05) is 12.8 Å². The molecule has 5 heteroatoms. The molecule has 0 radical (unpaired) electrons. The number of ether oxygens (including phenoxy) is 2. The molecule has 0 N–H and O–H groups in total. The van der Waals surface area contributed by atoms with E-state index in [0.29, 0.717) is 17.4 Å². The highest BCUT2D eigenvalue weighted by molar-refractivity contribution is 5.55. The van der Waals surface area contributed by atoms with E-state index in [4.69, 9.17) is 9.47 Å². The molecule has 1 heterocycles. The second-order valence-corrected chi connectivity index (χ2v) is 5.00. The number of aryl methyl sites for hydroxylation is 1. The first kappa shape index (κ1) is 11.3. The predicted octanol–water partition coefficient (Wildman–Crippen LogP) is 3.19. The van der Waals surface area contributed by atoms with Crippen LogP contribution in [0, 0.1) is 23.0 Å². The van der Waals surface area contributed by atoms with Crippen molar-refractivity contribution < 1.29 is 14.4 Å². The average Bonchev–Trinajstić information content (AvgIpc) is 2.96. The first-order valence-corrected chi connectivity index (χ1v) is 6.27. The van der Waals surface area contributed by atoms with Gasteiger partial charge < -0.3 is 9.47 Å². The zero-order valence-electron chi connectivity index (χ0n) is 10.2. The first-order chi connectivity index (χ1) is 8.65. The van der Waals surface area contributed by atoms with E-state index in [1.807, 2.05) is 6.92 Å². The summed E-state index contributed by atoms with van der Waals surface area (Å²) in [4.78, 5) is 10.4. The van der Waals surface area contributed by atoms with E-state index < -0.39 is 4.92 Å². The van der Waals surface area contributed by atoms with E-state index in [9.17, 15) is 10.1 Å². The third-order valence-electron chi connectivity index (χ3n) is 3.70. The largest absolute Gasteiger partial charge is 0.450 e. The lowest BCUT2D eigenvalue weighted by Crippen LogP contribution is -2.26. The van der Waals surface area contributed by atoms with Gasteiger partial charge in [0.1, 0.15) is 0 Å². The first-order valence-electron chi connectivity index (χ1n) is 6.27. The molecule has 5 nitrogen and oxygen atoms in total. The quantitative estimate of drug-likeness (QED) is 0.596. The molecule has 0 bridgehead atoms. The van der Waals surface area contributed by atoms with Crippen LogP contribution >= 0.6 is 0 Å². The summed E-state index contributed by atoms with van der Waals surface area (Å²) in [6.45, 7) is 1.81. The van der Waals surface area contributed by atoms with Crippen LogP contribution in [0.1, 0.15) is 31.2 Å². The van der Waals surface area contributed by atoms with E-state index in [1.165, 1.54) is 25.0 Å². The SMILES string of the molecule is Cc1cc([N+](=O)[O-])cc2c1OC(C1CCCC1)O2. The predicted molar refractivity (Wildman–Crippen MR) is 64.8 cm³/mol. The lowest BCUT2D eigenvalue weighted by atomic mass is 10.1. The van der Waals surface area contributed by atoms with Gasteiger partial charge in [0, 0.05) is 17.5 Å². The van der Waals surface area contributed by atoms with Crippen LogP contribution in [0.5, 0.6) is 11.5 Å².